The van der Waals surface area contributed by atoms with Crippen molar-refractivity contribution in [1.29, 1.82) is 0 Å². The molecule has 2 aromatic heterocycles. The Hall–Kier alpha value is -10.9. The lowest BCUT2D eigenvalue weighted by molar-refractivity contribution is 0.569. The first-order chi connectivity index (χ1) is 52.5. The largest absolute Gasteiger partial charge is 0.310 e. The second kappa shape index (κ2) is 25.9. The van der Waals surface area contributed by atoms with Crippen LogP contribution < -0.4 is 26.2 Å². The molecule has 0 saturated carbocycles. The summed E-state index contributed by atoms with van der Waals surface area (Å²) in [5, 5.41) is 4.90. The summed E-state index contributed by atoms with van der Waals surface area (Å²) >= 11 is 0. The maximum absolute atomic E-state index is 2.74. The predicted octanol–water partition coefficient (Wildman–Crippen LogP) is 27.7. The molecule has 0 bridgehead atoms. The zero-order valence-corrected chi connectivity index (χ0v) is 69.3. The van der Waals surface area contributed by atoms with Crippen molar-refractivity contribution in [3.05, 3.63) is 306 Å². The minimum atomic E-state index is -0.316. The number of hydrogen-bond donors (Lipinski definition) is 0. The van der Waals surface area contributed by atoms with Crippen LogP contribution in [0.4, 0.5) is 34.1 Å². The summed E-state index contributed by atoms with van der Waals surface area (Å²) in [5.74, 6) is 0. The third-order valence-corrected chi connectivity index (χ3v) is 24.1. The van der Waals surface area contributed by atoms with Crippen LogP contribution in [0.25, 0.3) is 99.5 Å². The number of benzene rings is 13. The number of rotatable bonds is 8. The average molecular weight is 1450 g/mol. The molecule has 554 valence electrons. The summed E-state index contributed by atoms with van der Waals surface area (Å²) in [7, 11) is 0. The molecular formula is C106H107BN4. The molecule has 0 fully saturated rings. The molecule has 0 unspecified atom stereocenters. The molecule has 0 amide bonds. The van der Waals surface area contributed by atoms with E-state index in [4.69, 9.17) is 0 Å². The van der Waals surface area contributed by atoms with E-state index < -0.39 is 0 Å². The summed E-state index contributed by atoms with van der Waals surface area (Å²) in [5.41, 5.74) is 35.4. The van der Waals surface area contributed by atoms with Gasteiger partial charge < -0.3 is 18.9 Å². The summed E-state index contributed by atoms with van der Waals surface area (Å²) in [6.45, 7) is 49.3. The predicted molar refractivity (Wildman–Crippen MR) is 482 cm³/mol. The molecule has 0 aliphatic carbocycles. The molecule has 0 spiro atoms. The third-order valence-electron chi connectivity index (χ3n) is 24.1. The molecule has 111 heavy (non-hydrogen) atoms. The molecule has 15 aromatic rings. The van der Waals surface area contributed by atoms with Gasteiger partial charge >= 0.3 is 0 Å². The SMILES string of the molecule is CC(C)(C)c1cccc(-c2ccc3c(c2)B2c4ccc(-c5cc(C(C)(C)C)cc(C(C)(C)C)c5)cc4N(c4cccc5c6cccc(-n7c8ccc(C(C)(C)C)cc8c8cc(C(C)(C)C)ccc87)c6n(-c6ccccc6)c45)c4cc(C(C)(C)C)cc(c42)N3c2c(-c3ccccc3)cc(C(C)(C)C)cc2-c2ccccc2)c1. The van der Waals surface area contributed by atoms with E-state index >= 15 is 0 Å². The molecule has 4 heterocycles. The standard InChI is InChI=1S/C106H107BN4/c1-100(2,3)72-39-31-38-68(54-72)69-47-51-90-87(57-69)107-86-50-46-70(71-55-75(103(10,11)12)59-76(56-71)104(13,14)15)58-93(86)110(94-64-78(106(19,20)21)65-95(96(94)107)111(90)97-82(66-34-25-22-26-35-66)62-77(105(16,17)18)63-83(97)67-36-27-23-28-37-67)92-45-33-43-81-80-42-32-44-91(98(80)108(99(81)92)79-40-29-24-30-41-79)109-88-52-48-73(101(4,5)6)60-84(88)85-61-74(102(7,8)9)49-53-89(85)109/h22-65H,1-21H3. The van der Waals surface area contributed by atoms with Crippen molar-refractivity contribution in [2.24, 2.45) is 0 Å². The van der Waals surface area contributed by atoms with Crippen LogP contribution in [-0.2, 0) is 37.9 Å². The quantitative estimate of drug-likeness (QED) is 0.141. The summed E-state index contributed by atoms with van der Waals surface area (Å²) < 4.78 is 5.21. The molecule has 0 N–H and O–H groups in total. The fourth-order valence-electron chi connectivity index (χ4n) is 17.6. The maximum Gasteiger partial charge on any atom is 0.252 e. The number of hydrogen-bond acceptors (Lipinski definition) is 2. The van der Waals surface area contributed by atoms with Crippen LogP contribution in [0.3, 0.4) is 0 Å². The fraction of sp³-hybridized carbons (Fsp3) is 0.264. The summed E-state index contributed by atoms with van der Waals surface area (Å²) in [6.07, 6.45) is 0. The molecule has 0 radical (unpaired) electrons. The average Bonchev–Trinajstić information content (AvgIpc) is 1.49. The van der Waals surface area contributed by atoms with Crippen LogP contribution >= 0.6 is 0 Å². The van der Waals surface area contributed by atoms with Crippen molar-refractivity contribution in [3.63, 3.8) is 0 Å². The Morgan fingerprint density at radius 3 is 1.16 bits per heavy atom. The first-order valence-corrected chi connectivity index (χ1v) is 40.3. The van der Waals surface area contributed by atoms with E-state index in [1.54, 1.807) is 0 Å². The monoisotopic (exact) mass is 1450 g/mol. The Balaban J connectivity index is 1.05. The molecule has 0 atom stereocenters. The van der Waals surface area contributed by atoms with E-state index in [1.165, 1.54) is 149 Å². The van der Waals surface area contributed by atoms with Crippen molar-refractivity contribution in [2.75, 3.05) is 9.80 Å². The number of aromatic nitrogens is 2. The van der Waals surface area contributed by atoms with E-state index in [2.05, 4.69) is 431 Å². The van der Waals surface area contributed by atoms with Gasteiger partial charge in [0, 0.05) is 61.1 Å². The summed E-state index contributed by atoms with van der Waals surface area (Å²) in [4.78, 5) is 5.47. The lowest BCUT2D eigenvalue weighted by Gasteiger charge is -2.46. The van der Waals surface area contributed by atoms with Gasteiger partial charge in [-0.3, -0.25) is 0 Å². The van der Waals surface area contributed by atoms with Gasteiger partial charge in [0.05, 0.1) is 39.1 Å². The van der Waals surface area contributed by atoms with Gasteiger partial charge in [-0.05, 0) is 212 Å². The number of para-hydroxylation sites is 3. The van der Waals surface area contributed by atoms with Gasteiger partial charge in [0.15, 0.2) is 0 Å². The third kappa shape index (κ3) is 12.5. The Kier molecular flexibility index (Phi) is 17.0. The minimum absolute atomic E-state index is 0.0527. The van der Waals surface area contributed by atoms with Gasteiger partial charge in [-0.2, -0.15) is 0 Å². The minimum Gasteiger partial charge on any atom is -0.310 e. The maximum atomic E-state index is 2.74. The normalized spacial score (nSPS) is 13.6. The van der Waals surface area contributed by atoms with E-state index in [9.17, 15) is 0 Å². The van der Waals surface area contributed by atoms with E-state index in [0.29, 0.717) is 0 Å². The van der Waals surface area contributed by atoms with Crippen LogP contribution in [0, 0.1) is 0 Å². The Morgan fingerprint density at radius 1 is 0.225 bits per heavy atom. The molecule has 2 aliphatic rings. The van der Waals surface area contributed by atoms with Gasteiger partial charge in [0.2, 0.25) is 0 Å². The smallest absolute Gasteiger partial charge is 0.252 e. The van der Waals surface area contributed by atoms with Crippen molar-refractivity contribution in [3.8, 4) is 55.9 Å². The Bertz CT molecular complexity index is 6070. The van der Waals surface area contributed by atoms with Gasteiger partial charge in [-0.25, -0.2) is 0 Å². The summed E-state index contributed by atoms with van der Waals surface area (Å²) in [6, 6.07) is 104. The highest BCUT2D eigenvalue weighted by molar-refractivity contribution is 7.00. The van der Waals surface area contributed by atoms with E-state index in [0.717, 1.165) is 39.5 Å². The van der Waals surface area contributed by atoms with Gasteiger partial charge in [-0.15, -0.1) is 0 Å². The molecule has 13 aromatic carbocycles. The fourth-order valence-corrected chi connectivity index (χ4v) is 17.6. The van der Waals surface area contributed by atoms with Gasteiger partial charge in [0.25, 0.3) is 6.71 Å². The molecule has 2 aliphatic heterocycles. The van der Waals surface area contributed by atoms with Crippen LogP contribution in [0.15, 0.2) is 267 Å². The highest BCUT2D eigenvalue weighted by Gasteiger charge is 2.46. The zero-order chi connectivity index (χ0) is 78.1. The molecule has 0 saturated heterocycles. The topological polar surface area (TPSA) is 16.3 Å². The van der Waals surface area contributed by atoms with Crippen LogP contribution in [-0.4, -0.2) is 15.8 Å². The second-order valence-electron chi connectivity index (χ2n) is 39.2. The highest BCUT2D eigenvalue weighted by atomic mass is 15.2. The lowest BCUT2D eigenvalue weighted by atomic mass is 9.33. The Morgan fingerprint density at radius 2 is 0.640 bits per heavy atom. The first kappa shape index (κ1) is 73.0. The van der Waals surface area contributed by atoms with E-state index in [1.807, 2.05) is 0 Å². The zero-order valence-electron chi connectivity index (χ0n) is 69.3. The van der Waals surface area contributed by atoms with Gasteiger partial charge in [0.1, 0.15) is 0 Å². The number of nitrogens with zero attached hydrogens (tertiary/aromatic N) is 4. The van der Waals surface area contributed by atoms with Crippen LogP contribution in [0.5, 0.6) is 0 Å². The molecule has 4 nitrogen and oxygen atoms in total. The first-order valence-electron chi connectivity index (χ1n) is 40.3. The van der Waals surface area contributed by atoms with Crippen LogP contribution in [0.2, 0.25) is 0 Å². The van der Waals surface area contributed by atoms with Gasteiger partial charge in [-0.1, -0.05) is 327 Å². The van der Waals surface area contributed by atoms with E-state index in [-0.39, 0.29) is 44.6 Å². The highest BCUT2D eigenvalue weighted by Crippen LogP contribution is 2.55. The van der Waals surface area contributed by atoms with Crippen LogP contribution in [0.1, 0.15) is 184 Å². The van der Waals surface area contributed by atoms with Crippen molar-refractivity contribution in [2.45, 2.75) is 183 Å². The molecule has 17 rings (SSSR count). The number of anilines is 6. The molecule has 5 heteroatoms. The number of fused-ring (bicyclic) bond motifs is 10. The van der Waals surface area contributed by atoms with Crippen molar-refractivity contribution in [1.82, 2.24) is 9.13 Å². The van der Waals surface area contributed by atoms with Crippen molar-refractivity contribution < 1.29 is 0 Å². The molecular weight excluding hydrogens is 1340 g/mol. The van der Waals surface area contributed by atoms with Crippen molar-refractivity contribution >= 4 is 101 Å². The lowest BCUT2D eigenvalue weighted by Crippen LogP contribution is -2.61. The second-order valence-corrected chi connectivity index (χ2v) is 39.2. The Labute approximate surface area is 660 Å².